The number of hydrogen-bond donors (Lipinski definition) is 0. The van der Waals surface area contributed by atoms with E-state index in [4.69, 9.17) is 0 Å². The summed E-state index contributed by atoms with van der Waals surface area (Å²) in [6, 6.07) is 30.4. The van der Waals surface area contributed by atoms with Gasteiger partial charge in [0.05, 0.1) is 5.41 Å². The molecule has 0 aliphatic carbocycles. The molecule has 3 aliphatic rings. The van der Waals surface area contributed by atoms with E-state index < -0.39 is 0 Å². The van der Waals surface area contributed by atoms with Crippen LogP contribution in [0.3, 0.4) is 0 Å². The fourth-order valence-corrected chi connectivity index (χ4v) is 7.27. The molecule has 0 saturated carbocycles. The average molecular weight is 573 g/mol. The molecule has 198 valence electrons. The fourth-order valence-electron chi connectivity index (χ4n) is 7.01. The van der Waals surface area contributed by atoms with Crippen LogP contribution in [0, 0.1) is 11.3 Å². The van der Waals surface area contributed by atoms with Crippen LogP contribution in [0.2, 0.25) is 0 Å². The van der Waals surface area contributed by atoms with Gasteiger partial charge in [0.2, 0.25) is 5.91 Å². The Kier molecular flexibility index (Phi) is 7.69. The predicted molar refractivity (Wildman–Crippen MR) is 157 cm³/mol. The first-order chi connectivity index (χ1) is 18.6. The Morgan fingerprint density at radius 2 is 1.34 bits per heavy atom. The molecule has 2 atom stereocenters. The smallest absolute Gasteiger partial charge is 0.229 e. The van der Waals surface area contributed by atoms with Crippen LogP contribution in [0.5, 0.6) is 0 Å². The number of carbonyl (C=O) groups excluding carboxylic acids is 1. The van der Waals surface area contributed by atoms with Crippen molar-refractivity contribution in [3.8, 4) is 0 Å². The van der Waals surface area contributed by atoms with E-state index >= 15 is 0 Å². The van der Waals surface area contributed by atoms with Gasteiger partial charge in [-0.05, 0) is 67.1 Å². The van der Waals surface area contributed by atoms with Crippen LogP contribution in [0.15, 0.2) is 89.4 Å². The van der Waals surface area contributed by atoms with Crippen molar-refractivity contribution < 1.29 is 4.79 Å². The molecule has 3 aliphatic heterocycles. The highest BCUT2D eigenvalue weighted by Gasteiger charge is 2.48. The van der Waals surface area contributed by atoms with E-state index in [1.54, 1.807) is 0 Å². The van der Waals surface area contributed by atoms with Crippen LogP contribution in [-0.4, -0.2) is 59.9 Å². The van der Waals surface area contributed by atoms with E-state index in [2.05, 4.69) is 116 Å². The summed E-state index contributed by atoms with van der Waals surface area (Å²) in [5, 5.41) is 0. The van der Waals surface area contributed by atoms with Crippen LogP contribution in [0.4, 0.5) is 0 Å². The Bertz CT molecular complexity index is 1210. The van der Waals surface area contributed by atoms with E-state index in [0.717, 1.165) is 76.1 Å². The summed E-state index contributed by atoms with van der Waals surface area (Å²) in [6.45, 7) is 8.09. The minimum absolute atomic E-state index is 0.139. The van der Waals surface area contributed by atoms with Gasteiger partial charge in [0.25, 0.3) is 0 Å². The van der Waals surface area contributed by atoms with Gasteiger partial charge in [-0.2, -0.15) is 0 Å². The van der Waals surface area contributed by atoms with E-state index in [0.29, 0.717) is 17.7 Å². The second-order valence-electron chi connectivity index (χ2n) is 11.6. The third kappa shape index (κ3) is 5.61. The molecule has 0 bridgehead atoms. The summed E-state index contributed by atoms with van der Waals surface area (Å²) in [6.07, 6.45) is 3.01. The summed E-state index contributed by atoms with van der Waals surface area (Å²) >= 11 is 3.51. The lowest BCUT2D eigenvalue weighted by molar-refractivity contribution is -0.139. The average Bonchev–Trinajstić information content (AvgIpc) is 3.48. The van der Waals surface area contributed by atoms with Crippen molar-refractivity contribution in [2.24, 2.45) is 11.3 Å². The minimum Gasteiger partial charge on any atom is -0.338 e. The summed E-state index contributed by atoms with van der Waals surface area (Å²) in [7, 11) is 0. The molecule has 38 heavy (non-hydrogen) atoms. The van der Waals surface area contributed by atoms with Crippen molar-refractivity contribution in [2.45, 2.75) is 38.3 Å². The van der Waals surface area contributed by atoms with E-state index in [-0.39, 0.29) is 5.41 Å². The molecule has 0 N–H and O–H groups in total. The Hall–Kier alpha value is -2.47. The lowest BCUT2D eigenvalue weighted by Crippen LogP contribution is -2.46. The zero-order valence-electron chi connectivity index (χ0n) is 22.1. The molecular formula is C33H38BrN3O. The second kappa shape index (κ2) is 11.3. The molecule has 2 unspecified atom stereocenters. The highest BCUT2D eigenvalue weighted by Crippen LogP contribution is 2.43. The highest BCUT2D eigenvalue weighted by molar-refractivity contribution is 9.10. The van der Waals surface area contributed by atoms with E-state index in [9.17, 15) is 4.79 Å². The molecule has 6 rings (SSSR count). The van der Waals surface area contributed by atoms with Gasteiger partial charge in [0.1, 0.15) is 0 Å². The number of piperidine rings is 1. The first-order valence-corrected chi connectivity index (χ1v) is 14.9. The number of nitrogens with zero attached hydrogens (tertiary/aromatic N) is 3. The Morgan fingerprint density at radius 3 is 2.05 bits per heavy atom. The van der Waals surface area contributed by atoms with Crippen LogP contribution in [0.1, 0.15) is 41.9 Å². The quantitative estimate of drug-likeness (QED) is 0.339. The predicted octanol–water partition coefficient (Wildman–Crippen LogP) is 6.18. The zero-order chi connectivity index (χ0) is 26.0. The molecule has 3 aromatic rings. The van der Waals surface area contributed by atoms with Gasteiger partial charge in [-0.3, -0.25) is 9.69 Å². The number of hydrogen-bond acceptors (Lipinski definition) is 3. The van der Waals surface area contributed by atoms with Crippen molar-refractivity contribution in [2.75, 3.05) is 39.3 Å². The van der Waals surface area contributed by atoms with Crippen molar-refractivity contribution >= 4 is 21.8 Å². The topological polar surface area (TPSA) is 26.8 Å². The van der Waals surface area contributed by atoms with Gasteiger partial charge < -0.3 is 9.80 Å². The van der Waals surface area contributed by atoms with Gasteiger partial charge in [-0.15, -0.1) is 0 Å². The first-order valence-electron chi connectivity index (χ1n) is 14.2. The molecular weight excluding hydrogens is 534 g/mol. The normalized spacial score (nSPS) is 23.9. The van der Waals surface area contributed by atoms with Crippen molar-refractivity contribution in [3.63, 3.8) is 0 Å². The number of carbonyl (C=O) groups is 1. The zero-order valence-corrected chi connectivity index (χ0v) is 23.7. The number of halogens is 1. The molecule has 3 saturated heterocycles. The lowest BCUT2D eigenvalue weighted by Gasteiger charge is -2.39. The number of likely N-dealkylation sites (tertiary alicyclic amines) is 3. The van der Waals surface area contributed by atoms with Gasteiger partial charge in [0.15, 0.2) is 0 Å². The van der Waals surface area contributed by atoms with Crippen LogP contribution >= 0.6 is 15.9 Å². The molecule has 1 amide bonds. The van der Waals surface area contributed by atoms with E-state index in [1.165, 1.54) is 16.7 Å². The lowest BCUT2D eigenvalue weighted by atomic mass is 9.76. The molecule has 1 spiro atoms. The molecule has 5 heteroatoms. The summed E-state index contributed by atoms with van der Waals surface area (Å²) < 4.78 is 1.08. The van der Waals surface area contributed by atoms with E-state index in [1.807, 2.05) is 0 Å². The van der Waals surface area contributed by atoms with Gasteiger partial charge >= 0.3 is 0 Å². The summed E-state index contributed by atoms with van der Waals surface area (Å²) in [5.41, 5.74) is 3.94. The van der Waals surface area contributed by atoms with Gasteiger partial charge in [0, 0.05) is 49.7 Å². The van der Waals surface area contributed by atoms with Crippen LogP contribution < -0.4 is 0 Å². The standard InChI is InChI=1S/C33H38BrN3O/c34-30-13-11-27(12-14-30)22-37-20-17-33(32(37)38)15-18-35(19-16-33)23-29-24-36(21-26-7-3-1-4-8-26)25-31(29)28-9-5-2-6-10-28/h1-14,29,31H,15-25H2. The largest absolute Gasteiger partial charge is 0.338 e. The third-order valence-electron chi connectivity index (χ3n) is 9.19. The Morgan fingerprint density at radius 1 is 0.711 bits per heavy atom. The van der Waals surface area contributed by atoms with Gasteiger partial charge in [-0.25, -0.2) is 0 Å². The molecule has 3 fully saturated rings. The number of benzene rings is 3. The molecule has 3 heterocycles. The maximum absolute atomic E-state index is 13.5. The fraction of sp³-hybridized carbons (Fsp3) is 0.424. The molecule has 3 aromatic carbocycles. The number of rotatable bonds is 7. The maximum Gasteiger partial charge on any atom is 0.229 e. The van der Waals surface area contributed by atoms with Crippen molar-refractivity contribution in [3.05, 3.63) is 106 Å². The molecule has 0 radical (unpaired) electrons. The third-order valence-corrected chi connectivity index (χ3v) is 9.72. The second-order valence-corrected chi connectivity index (χ2v) is 12.6. The van der Waals surface area contributed by atoms with Gasteiger partial charge in [-0.1, -0.05) is 88.7 Å². The first kappa shape index (κ1) is 25.8. The SMILES string of the molecule is O=C1N(Cc2ccc(Br)cc2)CCC12CCN(CC1CN(Cc3ccccc3)CC1c1ccccc1)CC2. The van der Waals surface area contributed by atoms with Crippen molar-refractivity contribution in [1.29, 1.82) is 0 Å². The molecule has 0 aromatic heterocycles. The van der Waals surface area contributed by atoms with Crippen LogP contribution in [-0.2, 0) is 17.9 Å². The number of amides is 1. The Labute approximate surface area is 235 Å². The molecule has 4 nitrogen and oxygen atoms in total. The highest BCUT2D eigenvalue weighted by atomic mass is 79.9. The Balaban J connectivity index is 1.08. The van der Waals surface area contributed by atoms with Crippen molar-refractivity contribution in [1.82, 2.24) is 14.7 Å². The monoisotopic (exact) mass is 571 g/mol. The summed E-state index contributed by atoms with van der Waals surface area (Å²) in [5.74, 6) is 1.56. The maximum atomic E-state index is 13.5. The minimum atomic E-state index is -0.139. The summed E-state index contributed by atoms with van der Waals surface area (Å²) in [4.78, 5) is 20.9. The van der Waals surface area contributed by atoms with Crippen LogP contribution in [0.25, 0.3) is 0 Å².